The van der Waals surface area contributed by atoms with Crippen molar-refractivity contribution in [3.63, 3.8) is 0 Å². The standard InChI is InChI=1S/C37H34N3S2/c1-38-31-17-9-11-19-33(31)41-35(38)25-23-27-21-22-28(24-26-36-39(2)32-18-10-12-20-34(32)42-36)37(27)40(29-13-5-3-6-14-29)30-15-7-4-8-16-30/h3-20,23,25-26,28H,21-22,24H2,1-2H3/q+1/b36-26-. The lowest BCUT2D eigenvalue weighted by molar-refractivity contribution is -0.642. The van der Waals surface area contributed by atoms with Gasteiger partial charge in [-0.3, -0.25) is 0 Å². The van der Waals surface area contributed by atoms with E-state index in [1.54, 1.807) is 0 Å². The summed E-state index contributed by atoms with van der Waals surface area (Å²) >= 11 is 3.74. The number of thiazole rings is 1. The fraction of sp³-hybridized carbons (Fsp3) is 0.162. The minimum atomic E-state index is 0.409. The molecule has 208 valence electrons. The van der Waals surface area contributed by atoms with Crippen LogP contribution >= 0.6 is 23.1 Å². The monoisotopic (exact) mass is 584 g/mol. The summed E-state index contributed by atoms with van der Waals surface area (Å²) in [6.45, 7) is 0. The van der Waals surface area contributed by atoms with Crippen LogP contribution in [0.25, 0.3) is 16.3 Å². The van der Waals surface area contributed by atoms with Gasteiger partial charge in [-0.1, -0.05) is 89.8 Å². The molecule has 0 saturated heterocycles. The Hall–Kier alpha value is -4.06. The summed E-state index contributed by atoms with van der Waals surface area (Å²) in [6.07, 6.45) is 10.4. The number of allylic oxidation sites excluding steroid dienone is 4. The molecule has 42 heavy (non-hydrogen) atoms. The molecule has 0 radical (unpaired) electrons. The zero-order valence-corrected chi connectivity index (χ0v) is 25.6. The molecule has 0 bridgehead atoms. The normalized spacial score (nSPS) is 17.6. The maximum absolute atomic E-state index is 2.50. The van der Waals surface area contributed by atoms with Gasteiger partial charge in [-0.05, 0) is 73.4 Å². The van der Waals surface area contributed by atoms with Gasteiger partial charge >= 0.3 is 0 Å². The van der Waals surface area contributed by atoms with E-state index in [0.717, 1.165) is 19.3 Å². The van der Waals surface area contributed by atoms with Crippen LogP contribution in [0.3, 0.4) is 0 Å². The first-order chi connectivity index (χ1) is 20.7. The highest BCUT2D eigenvalue weighted by atomic mass is 32.2. The van der Waals surface area contributed by atoms with Gasteiger partial charge in [0.15, 0.2) is 0 Å². The number of anilines is 3. The molecule has 1 aliphatic carbocycles. The maximum Gasteiger partial charge on any atom is 0.262 e. The second-order valence-electron chi connectivity index (χ2n) is 10.9. The van der Waals surface area contributed by atoms with E-state index in [2.05, 4.69) is 156 Å². The van der Waals surface area contributed by atoms with Crippen LogP contribution in [-0.2, 0) is 7.05 Å². The van der Waals surface area contributed by atoms with E-state index in [-0.39, 0.29) is 0 Å². The Morgan fingerprint density at radius 3 is 2.21 bits per heavy atom. The second kappa shape index (κ2) is 11.7. The van der Waals surface area contributed by atoms with E-state index in [4.69, 9.17) is 0 Å². The van der Waals surface area contributed by atoms with Crippen molar-refractivity contribution in [2.75, 3.05) is 16.8 Å². The smallest absolute Gasteiger partial charge is 0.262 e. The fourth-order valence-corrected chi connectivity index (χ4v) is 8.29. The van der Waals surface area contributed by atoms with Crippen LogP contribution < -0.4 is 14.4 Å². The second-order valence-corrected chi connectivity index (χ2v) is 13.0. The van der Waals surface area contributed by atoms with Crippen LogP contribution in [0.15, 0.2) is 143 Å². The molecule has 0 amide bonds. The molecule has 7 rings (SSSR count). The van der Waals surface area contributed by atoms with Gasteiger partial charge in [-0.25, -0.2) is 0 Å². The summed E-state index contributed by atoms with van der Waals surface area (Å²) < 4.78 is 3.63. The topological polar surface area (TPSA) is 10.4 Å². The first-order valence-electron chi connectivity index (χ1n) is 14.6. The van der Waals surface area contributed by atoms with Crippen molar-refractivity contribution in [3.8, 4) is 0 Å². The highest BCUT2D eigenvalue weighted by Gasteiger charge is 2.31. The molecule has 1 aliphatic heterocycles. The van der Waals surface area contributed by atoms with Gasteiger partial charge in [-0.2, -0.15) is 4.57 Å². The van der Waals surface area contributed by atoms with E-state index in [0.29, 0.717) is 5.92 Å². The maximum atomic E-state index is 2.50. The average Bonchev–Trinajstić information content (AvgIpc) is 3.69. The predicted octanol–water partition coefficient (Wildman–Crippen LogP) is 9.71. The van der Waals surface area contributed by atoms with E-state index in [1.807, 2.05) is 23.1 Å². The molecule has 0 N–H and O–H groups in total. The molecule has 0 spiro atoms. The summed E-state index contributed by atoms with van der Waals surface area (Å²) in [5.41, 5.74) is 7.81. The SMILES string of the molecule is CN1/C(=C/CC2CCC(/C=C/c3sc4ccccc4[n+]3C)=C2N(c2ccccc2)c2ccccc2)Sc2ccccc21. The van der Waals surface area contributed by atoms with E-state index < -0.39 is 0 Å². The minimum Gasteiger partial charge on any atom is -0.338 e. The number of fused-ring (bicyclic) bond motifs is 2. The first-order valence-corrected chi connectivity index (χ1v) is 16.2. The zero-order valence-electron chi connectivity index (χ0n) is 24.0. The predicted molar refractivity (Wildman–Crippen MR) is 180 cm³/mol. The number of para-hydroxylation sites is 4. The number of hydrogen-bond acceptors (Lipinski definition) is 4. The number of nitrogens with zero attached hydrogens (tertiary/aromatic N) is 3. The largest absolute Gasteiger partial charge is 0.338 e. The molecular formula is C37H34N3S2+. The van der Waals surface area contributed by atoms with Crippen LogP contribution in [0, 0.1) is 5.92 Å². The molecule has 5 heteroatoms. The van der Waals surface area contributed by atoms with Crippen molar-refractivity contribution in [2.45, 2.75) is 24.2 Å². The van der Waals surface area contributed by atoms with Gasteiger partial charge in [0.25, 0.3) is 5.01 Å². The van der Waals surface area contributed by atoms with E-state index in [1.165, 1.54) is 53.5 Å². The number of rotatable bonds is 7. The van der Waals surface area contributed by atoms with Crippen LogP contribution in [0.1, 0.15) is 24.3 Å². The molecule has 1 aromatic heterocycles. The lowest BCUT2D eigenvalue weighted by Gasteiger charge is -2.31. The Balaban J connectivity index is 1.30. The summed E-state index contributed by atoms with van der Waals surface area (Å²) in [5.74, 6) is 0.409. The number of benzene rings is 4. The summed E-state index contributed by atoms with van der Waals surface area (Å²) in [7, 11) is 4.36. The van der Waals surface area contributed by atoms with Crippen LogP contribution in [0.2, 0.25) is 0 Å². The molecule has 2 heterocycles. The Morgan fingerprint density at radius 1 is 0.833 bits per heavy atom. The van der Waals surface area contributed by atoms with Gasteiger partial charge in [-0.15, -0.1) is 0 Å². The summed E-state index contributed by atoms with van der Waals surface area (Å²) in [5, 5.41) is 2.59. The fourth-order valence-electron chi connectivity index (χ4n) is 6.14. The van der Waals surface area contributed by atoms with Crippen molar-refractivity contribution in [1.29, 1.82) is 0 Å². The van der Waals surface area contributed by atoms with Gasteiger partial charge in [0.1, 0.15) is 11.7 Å². The molecule has 1 atom stereocenters. The molecule has 3 nitrogen and oxygen atoms in total. The Labute approximate surface area is 256 Å². The van der Waals surface area contributed by atoms with Crippen molar-refractivity contribution >= 4 is 56.5 Å². The first kappa shape index (κ1) is 26.8. The Kier molecular flexibility index (Phi) is 7.45. The average molecular weight is 585 g/mol. The Bertz CT molecular complexity index is 1780. The van der Waals surface area contributed by atoms with Crippen LogP contribution in [-0.4, -0.2) is 7.05 Å². The molecule has 2 aliphatic rings. The third-order valence-corrected chi connectivity index (χ3v) is 10.7. The Morgan fingerprint density at radius 2 is 1.50 bits per heavy atom. The molecule has 4 aromatic carbocycles. The van der Waals surface area contributed by atoms with Crippen molar-refractivity contribution in [1.82, 2.24) is 0 Å². The van der Waals surface area contributed by atoms with Gasteiger partial charge in [0.2, 0.25) is 5.52 Å². The lowest BCUT2D eigenvalue weighted by atomic mass is 9.99. The van der Waals surface area contributed by atoms with E-state index >= 15 is 0 Å². The molecule has 5 aromatic rings. The van der Waals surface area contributed by atoms with E-state index in [9.17, 15) is 0 Å². The third kappa shape index (κ3) is 5.08. The molecule has 1 unspecified atom stereocenters. The van der Waals surface area contributed by atoms with Crippen molar-refractivity contribution in [2.24, 2.45) is 13.0 Å². The highest BCUT2D eigenvalue weighted by Crippen LogP contribution is 2.47. The summed E-state index contributed by atoms with van der Waals surface area (Å²) in [6, 6.07) is 39.1. The molecule has 0 saturated carbocycles. The number of aromatic nitrogens is 1. The number of aryl methyl sites for hydroxylation is 1. The quantitative estimate of drug-likeness (QED) is 0.176. The zero-order chi connectivity index (χ0) is 28.5. The highest BCUT2D eigenvalue weighted by molar-refractivity contribution is 8.03. The number of hydrogen-bond donors (Lipinski definition) is 0. The summed E-state index contributed by atoms with van der Waals surface area (Å²) in [4.78, 5) is 6.18. The molecular weight excluding hydrogens is 551 g/mol. The lowest BCUT2D eigenvalue weighted by Crippen LogP contribution is -2.28. The number of thioether (sulfide) groups is 1. The van der Waals surface area contributed by atoms with Crippen molar-refractivity contribution < 1.29 is 4.57 Å². The van der Waals surface area contributed by atoms with Gasteiger partial charge < -0.3 is 9.80 Å². The molecule has 0 fully saturated rings. The minimum absolute atomic E-state index is 0.409. The van der Waals surface area contributed by atoms with Crippen LogP contribution in [0.5, 0.6) is 0 Å². The third-order valence-electron chi connectivity index (χ3n) is 8.30. The van der Waals surface area contributed by atoms with Crippen LogP contribution in [0.4, 0.5) is 17.1 Å². The van der Waals surface area contributed by atoms with Gasteiger partial charge in [0.05, 0.1) is 10.7 Å². The van der Waals surface area contributed by atoms with Crippen molar-refractivity contribution in [3.05, 3.63) is 143 Å². The van der Waals surface area contributed by atoms with Gasteiger partial charge in [0, 0.05) is 47.1 Å².